The Labute approximate surface area is 76.8 Å². The van der Waals surface area contributed by atoms with Crippen LogP contribution in [0.25, 0.3) is 0 Å². The molecule has 1 heterocycles. The molecule has 0 atom stereocenters. The molecule has 1 rings (SSSR count). The van der Waals surface area contributed by atoms with Crippen LogP contribution in [0, 0.1) is 0 Å². The number of amides is 2. The Balaban J connectivity index is 2.09. The SMILES string of the molecule is C=CC(=O)NCCN1CNC(=O)C1. The summed E-state index contributed by atoms with van der Waals surface area (Å²) in [5.74, 6) is -0.145. The molecule has 1 aliphatic rings. The first-order valence-electron chi connectivity index (χ1n) is 4.11. The van der Waals surface area contributed by atoms with E-state index in [-0.39, 0.29) is 11.8 Å². The maximum Gasteiger partial charge on any atom is 0.243 e. The molecule has 0 spiro atoms. The quantitative estimate of drug-likeness (QED) is 0.531. The van der Waals surface area contributed by atoms with Crippen LogP contribution in [-0.4, -0.2) is 43.0 Å². The summed E-state index contributed by atoms with van der Waals surface area (Å²) in [4.78, 5) is 23.4. The molecule has 0 aliphatic carbocycles. The normalized spacial score (nSPS) is 16.8. The van der Waals surface area contributed by atoms with E-state index in [1.807, 2.05) is 4.90 Å². The summed E-state index contributed by atoms with van der Waals surface area (Å²) in [5, 5.41) is 5.31. The van der Waals surface area contributed by atoms with E-state index in [0.29, 0.717) is 26.3 Å². The van der Waals surface area contributed by atoms with Crippen molar-refractivity contribution in [2.24, 2.45) is 0 Å². The maximum atomic E-state index is 10.8. The molecule has 0 bridgehead atoms. The first kappa shape index (κ1) is 9.73. The van der Waals surface area contributed by atoms with Crippen molar-refractivity contribution in [3.63, 3.8) is 0 Å². The lowest BCUT2D eigenvalue weighted by Crippen LogP contribution is -2.33. The Morgan fingerprint density at radius 1 is 1.77 bits per heavy atom. The van der Waals surface area contributed by atoms with Crippen LogP contribution in [0.3, 0.4) is 0 Å². The first-order chi connectivity index (χ1) is 6.22. The largest absolute Gasteiger partial charge is 0.351 e. The highest BCUT2D eigenvalue weighted by Crippen LogP contribution is 1.91. The van der Waals surface area contributed by atoms with Crippen molar-refractivity contribution in [3.8, 4) is 0 Å². The van der Waals surface area contributed by atoms with Crippen LogP contribution in [0.15, 0.2) is 12.7 Å². The van der Waals surface area contributed by atoms with E-state index >= 15 is 0 Å². The van der Waals surface area contributed by atoms with Crippen molar-refractivity contribution in [2.75, 3.05) is 26.3 Å². The third-order valence-electron chi connectivity index (χ3n) is 1.78. The monoisotopic (exact) mass is 183 g/mol. The van der Waals surface area contributed by atoms with Crippen LogP contribution >= 0.6 is 0 Å². The molecule has 2 amide bonds. The summed E-state index contributed by atoms with van der Waals surface area (Å²) >= 11 is 0. The molecule has 5 nitrogen and oxygen atoms in total. The van der Waals surface area contributed by atoms with Gasteiger partial charge in [-0.05, 0) is 6.08 Å². The molecular weight excluding hydrogens is 170 g/mol. The fourth-order valence-electron chi connectivity index (χ4n) is 1.08. The molecule has 2 N–H and O–H groups in total. The molecule has 1 aliphatic heterocycles. The van der Waals surface area contributed by atoms with Crippen molar-refractivity contribution >= 4 is 11.8 Å². The van der Waals surface area contributed by atoms with Gasteiger partial charge in [-0.1, -0.05) is 6.58 Å². The number of rotatable bonds is 4. The Bertz CT molecular complexity index is 227. The molecule has 0 aromatic rings. The molecule has 5 heteroatoms. The lowest BCUT2D eigenvalue weighted by atomic mass is 10.5. The highest BCUT2D eigenvalue weighted by Gasteiger charge is 2.17. The molecule has 0 aromatic carbocycles. The highest BCUT2D eigenvalue weighted by molar-refractivity contribution is 5.86. The minimum absolute atomic E-state index is 0.0371. The van der Waals surface area contributed by atoms with Crippen LogP contribution in [0.4, 0.5) is 0 Å². The summed E-state index contributed by atoms with van der Waals surface area (Å²) in [6.45, 7) is 5.54. The van der Waals surface area contributed by atoms with Gasteiger partial charge in [0.1, 0.15) is 0 Å². The fourth-order valence-corrected chi connectivity index (χ4v) is 1.08. The average Bonchev–Trinajstić information content (AvgIpc) is 2.51. The van der Waals surface area contributed by atoms with Crippen LogP contribution in [0.1, 0.15) is 0 Å². The second-order valence-corrected chi connectivity index (χ2v) is 2.81. The topological polar surface area (TPSA) is 61.4 Å². The van der Waals surface area contributed by atoms with Crippen molar-refractivity contribution < 1.29 is 9.59 Å². The van der Waals surface area contributed by atoms with Gasteiger partial charge in [0.25, 0.3) is 0 Å². The van der Waals surface area contributed by atoms with E-state index in [4.69, 9.17) is 0 Å². The van der Waals surface area contributed by atoms with Gasteiger partial charge in [0, 0.05) is 13.1 Å². The van der Waals surface area contributed by atoms with Crippen LogP contribution in [0.2, 0.25) is 0 Å². The van der Waals surface area contributed by atoms with Gasteiger partial charge in [0.15, 0.2) is 0 Å². The number of carbonyl (C=O) groups is 2. The van der Waals surface area contributed by atoms with Gasteiger partial charge in [-0.3, -0.25) is 14.5 Å². The summed E-state index contributed by atoms with van der Waals surface area (Å²) in [5.41, 5.74) is 0. The van der Waals surface area contributed by atoms with E-state index in [9.17, 15) is 9.59 Å². The average molecular weight is 183 g/mol. The highest BCUT2D eigenvalue weighted by atomic mass is 16.2. The molecule has 1 fully saturated rings. The van der Waals surface area contributed by atoms with E-state index in [2.05, 4.69) is 17.2 Å². The Hall–Kier alpha value is -1.36. The summed E-state index contributed by atoms with van der Waals surface area (Å²) in [6, 6.07) is 0. The van der Waals surface area contributed by atoms with Gasteiger partial charge in [-0.25, -0.2) is 0 Å². The van der Waals surface area contributed by atoms with Gasteiger partial charge in [-0.2, -0.15) is 0 Å². The Morgan fingerprint density at radius 3 is 3.08 bits per heavy atom. The predicted octanol–water partition coefficient (Wildman–Crippen LogP) is -1.32. The number of hydrogen-bond donors (Lipinski definition) is 2. The van der Waals surface area contributed by atoms with Gasteiger partial charge in [-0.15, -0.1) is 0 Å². The smallest absolute Gasteiger partial charge is 0.243 e. The third-order valence-corrected chi connectivity index (χ3v) is 1.78. The van der Waals surface area contributed by atoms with E-state index in [1.165, 1.54) is 6.08 Å². The Kier molecular flexibility index (Phi) is 3.45. The van der Waals surface area contributed by atoms with Crippen molar-refractivity contribution in [3.05, 3.63) is 12.7 Å². The standard InChI is InChI=1S/C8H13N3O2/c1-2-7(12)9-3-4-11-5-8(13)10-6-11/h2H,1,3-6H2,(H,9,12)(H,10,13). The van der Waals surface area contributed by atoms with Crippen LogP contribution in [0.5, 0.6) is 0 Å². The van der Waals surface area contributed by atoms with Crippen molar-refractivity contribution in [1.29, 1.82) is 0 Å². The molecule has 0 unspecified atom stereocenters. The summed E-state index contributed by atoms with van der Waals surface area (Å²) in [7, 11) is 0. The summed E-state index contributed by atoms with van der Waals surface area (Å²) < 4.78 is 0. The first-order valence-corrected chi connectivity index (χ1v) is 4.11. The number of hydrogen-bond acceptors (Lipinski definition) is 3. The van der Waals surface area contributed by atoms with Gasteiger partial charge < -0.3 is 10.6 Å². The minimum Gasteiger partial charge on any atom is -0.351 e. The van der Waals surface area contributed by atoms with E-state index < -0.39 is 0 Å². The lowest BCUT2D eigenvalue weighted by molar-refractivity contribution is -0.118. The second kappa shape index (κ2) is 4.61. The molecule has 0 radical (unpaired) electrons. The Morgan fingerprint density at radius 2 is 2.54 bits per heavy atom. The maximum absolute atomic E-state index is 10.8. The van der Waals surface area contributed by atoms with E-state index in [1.54, 1.807) is 0 Å². The molecule has 0 saturated carbocycles. The van der Waals surface area contributed by atoms with Gasteiger partial charge in [0.2, 0.25) is 11.8 Å². The fraction of sp³-hybridized carbons (Fsp3) is 0.500. The van der Waals surface area contributed by atoms with Crippen LogP contribution in [-0.2, 0) is 9.59 Å². The number of nitrogens with one attached hydrogen (secondary N) is 2. The predicted molar refractivity (Wildman–Crippen MR) is 47.8 cm³/mol. The van der Waals surface area contributed by atoms with E-state index in [0.717, 1.165) is 0 Å². The zero-order chi connectivity index (χ0) is 9.68. The van der Waals surface area contributed by atoms with Gasteiger partial charge in [0.05, 0.1) is 13.2 Å². The van der Waals surface area contributed by atoms with Crippen molar-refractivity contribution in [2.45, 2.75) is 0 Å². The molecule has 0 aromatic heterocycles. The van der Waals surface area contributed by atoms with Crippen molar-refractivity contribution in [1.82, 2.24) is 15.5 Å². The molecule has 1 saturated heterocycles. The third kappa shape index (κ3) is 3.25. The zero-order valence-electron chi connectivity index (χ0n) is 7.38. The van der Waals surface area contributed by atoms with Gasteiger partial charge >= 0.3 is 0 Å². The molecule has 13 heavy (non-hydrogen) atoms. The lowest BCUT2D eigenvalue weighted by Gasteiger charge is -2.11. The molecule has 72 valence electrons. The number of nitrogens with zero attached hydrogens (tertiary/aromatic N) is 1. The summed E-state index contributed by atoms with van der Waals surface area (Å²) in [6.07, 6.45) is 1.23. The van der Waals surface area contributed by atoms with Crippen LogP contribution < -0.4 is 10.6 Å². The number of carbonyl (C=O) groups excluding carboxylic acids is 2. The zero-order valence-corrected chi connectivity index (χ0v) is 7.38. The second-order valence-electron chi connectivity index (χ2n) is 2.81. The minimum atomic E-state index is -0.182. The molecular formula is C8H13N3O2.